The summed E-state index contributed by atoms with van der Waals surface area (Å²) in [5, 5.41) is 10.4. The summed E-state index contributed by atoms with van der Waals surface area (Å²) in [6.07, 6.45) is 1.14. The Morgan fingerprint density at radius 1 is 0.952 bits per heavy atom. The molecular formula is C31H31BrClN4O5+. The molecule has 9 nitrogen and oxygen atoms in total. The lowest BCUT2D eigenvalue weighted by Crippen LogP contribution is -2.40. The molecule has 0 aliphatic rings. The van der Waals surface area contributed by atoms with E-state index in [9.17, 15) is 14.4 Å². The van der Waals surface area contributed by atoms with Crippen molar-refractivity contribution in [1.82, 2.24) is 10.6 Å². The highest BCUT2D eigenvalue weighted by Crippen LogP contribution is 2.23. The first-order chi connectivity index (χ1) is 20.2. The van der Waals surface area contributed by atoms with E-state index >= 15 is 0 Å². The van der Waals surface area contributed by atoms with Crippen molar-refractivity contribution in [3.63, 3.8) is 0 Å². The molecule has 0 bridgehead atoms. The Bertz CT molecular complexity index is 1560. The molecule has 4 aromatic rings. The Balaban J connectivity index is 1.37. The first-order valence-electron chi connectivity index (χ1n) is 13.4. The highest BCUT2D eigenvalue weighted by atomic mass is 79.9. The number of nitrogens with zero attached hydrogens (tertiary/aromatic N) is 1. The molecule has 42 heavy (non-hydrogen) atoms. The Labute approximate surface area is 257 Å². The fraction of sp³-hybridized carbons (Fsp3) is 0.226. The molecule has 1 heterocycles. The van der Waals surface area contributed by atoms with Crippen molar-refractivity contribution >= 4 is 62.1 Å². The van der Waals surface area contributed by atoms with Crippen molar-refractivity contribution < 1.29 is 28.4 Å². The van der Waals surface area contributed by atoms with E-state index in [1.165, 1.54) is 6.92 Å². The van der Waals surface area contributed by atoms with Crippen molar-refractivity contribution in [2.24, 2.45) is 0 Å². The molecule has 11 heteroatoms. The van der Waals surface area contributed by atoms with Crippen LogP contribution in [0.1, 0.15) is 42.3 Å². The van der Waals surface area contributed by atoms with Gasteiger partial charge in [-0.25, -0.2) is 14.2 Å². The molecule has 2 atom stereocenters. The molecule has 0 saturated carbocycles. The van der Waals surface area contributed by atoms with Crippen LogP contribution in [-0.2, 0) is 16.0 Å². The molecule has 218 valence electrons. The summed E-state index contributed by atoms with van der Waals surface area (Å²) >= 11 is 9.49. The van der Waals surface area contributed by atoms with Crippen molar-refractivity contribution in [2.75, 3.05) is 11.9 Å². The molecule has 3 N–H and O–H groups in total. The average molecular weight is 655 g/mol. The number of pyridine rings is 1. The van der Waals surface area contributed by atoms with E-state index in [1.54, 1.807) is 42.6 Å². The van der Waals surface area contributed by atoms with Gasteiger partial charge in [-0.15, -0.1) is 0 Å². The van der Waals surface area contributed by atoms with E-state index in [0.717, 1.165) is 28.2 Å². The quantitative estimate of drug-likeness (QED) is 0.130. The van der Waals surface area contributed by atoms with Gasteiger partial charge >= 0.3 is 12.2 Å². The van der Waals surface area contributed by atoms with Crippen LogP contribution >= 0.6 is 27.5 Å². The number of hydrogen-bond donors (Lipinski definition) is 3. The summed E-state index contributed by atoms with van der Waals surface area (Å²) in [7, 11) is 0. The fourth-order valence-electron chi connectivity index (χ4n) is 4.29. The summed E-state index contributed by atoms with van der Waals surface area (Å²) in [5.41, 5.74) is 1.65. The molecule has 2 unspecified atom stereocenters. The van der Waals surface area contributed by atoms with Gasteiger partial charge in [0, 0.05) is 16.8 Å². The second-order valence-electron chi connectivity index (χ2n) is 9.48. The number of amides is 3. The normalized spacial score (nSPS) is 12.2. The van der Waals surface area contributed by atoms with Crippen LogP contribution in [0.5, 0.6) is 0 Å². The van der Waals surface area contributed by atoms with E-state index in [4.69, 9.17) is 21.1 Å². The zero-order valence-electron chi connectivity index (χ0n) is 23.1. The number of alkyl carbamates (subject to hydrolysis) is 1. The van der Waals surface area contributed by atoms with Crippen LogP contribution in [0.2, 0.25) is 5.02 Å². The molecule has 0 spiro atoms. The van der Waals surface area contributed by atoms with Gasteiger partial charge in [0.25, 0.3) is 5.91 Å². The van der Waals surface area contributed by atoms with Gasteiger partial charge in [-0.2, -0.15) is 0 Å². The molecule has 0 saturated heterocycles. The number of anilines is 1. The van der Waals surface area contributed by atoms with Crippen LogP contribution in [0.15, 0.2) is 89.7 Å². The van der Waals surface area contributed by atoms with Crippen molar-refractivity contribution in [3.05, 3.63) is 106 Å². The number of fused-ring (bicyclic) bond motifs is 1. The molecule has 3 amide bonds. The number of aryl methyl sites for hydroxylation is 1. The maximum atomic E-state index is 13.0. The van der Waals surface area contributed by atoms with Crippen molar-refractivity contribution in [2.45, 2.75) is 39.1 Å². The third-order valence-electron chi connectivity index (χ3n) is 6.20. The SMILES string of the molecule is CCC[n+]1cc(Br)cc(C(=O)NCC(OC(=O)NC(C)OC(=O)Nc2cccc3ccccc23)c2ccc(Cl)cc2)c1. The van der Waals surface area contributed by atoms with Gasteiger partial charge in [0.2, 0.25) is 0 Å². The number of aromatic nitrogens is 1. The highest BCUT2D eigenvalue weighted by molar-refractivity contribution is 9.10. The fourth-order valence-corrected chi connectivity index (χ4v) is 4.93. The van der Waals surface area contributed by atoms with Gasteiger partial charge in [0.15, 0.2) is 18.6 Å². The predicted octanol–water partition coefficient (Wildman–Crippen LogP) is 6.75. The van der Waals surface area contributed by atoms with E-state index in [-0.39, 0.29) is 12.5 Å². The lowest BCUT2D eigenvalue weighted by molar-refractivity contribution is -0.697. The number of nitrogens with one attached hydrogen (secondary N) is 3. The van der Waals surface area contributed by atoms with Crippen molar-refractivity contribution in [3.8, 4) is 0 Å². The van der Waals surface area contributed by atoms with Crippen LogP contribution in [0, 0.1) is 0 Å². The van der Waals surface area contributed by atoms with Gasteiger partial charge in [-0.1, -0.05) is 67.1 Å². The third-order valence-corrected chi connectivity index (χ3v) is 6.89. The molecule has 0 fully saturated rings. The van der Waals surface area contributed by atoms with Crippen LogP contribution in [0.25, 0.3) is 10.8 Å². The van der Waals surface area contributed by atoms with Crippen LogP contribution < -0.4 is 20.5 Å². The number of halogens is 2. The van der Waals surface area contributed by atoms with Gasteiger partial charge in [0.05, 0.1) is 16.7 Å². The maximum Gasteiger partial charge on any atom is 0.413 e. The number of carbonyl (C=O) groups excluding carboxylic acids is 3. The van der Waals surface area contributed by atoms with Crippen LogP contribution in [0.3, 0.4) is 0 Å². The predicted molar refractivity (Wildman–Crippen MR) is 164 cm³/mol. The standard InChI is InChI=1S/C31H30BrClN4O5/c1-3-15-37-18-23(16-24(32)19-37)29(38)34-17-28(22-11-13-25(33)14-12-22)42-30(39)35-20(2)41-31(40)36-27-10-6-8-21-7-4-5-9-26(21)27/h4-14,16,18-20,28H,3,15,17H2,1-2H3,(H2-,34,35,36,38,39,40)/p+1. The number of carbonyl (C=O) groups is 3. The minimum Gasteiger partial charge on any atom is -0.439 e. The van der Waals surface area contributed by atoms with Gasteiger partial charge in [-0.3, -0.25) is 15.4 Å². The highest BCUT2D eigenvalue weighted by Gasteiger charge is 2.22. The summed E-state index contributed by atoms with van der Waals surface area (Å²) in [5.74, 6) is -0.328. The van der Waals surface area contributed by atoms with Crippen LogP contribution in [-0.4, -0.2) is 30.9 Å². The molecule has 0 aliphatic carbocycles. The number of ether oxygens (including phenoxy) is 2. The Hall–Kier alpha value is -4.15. The number of hydrogen-bond acceptors (Lipinski definition) is 5. The number of benzene rings is 3. The van der Waals surface area contributed by atoms with Gasteiger partial charge in [0.1, 0.15) is 18.2 Å². The first-order valence-corrected chi connectivity index (χ1v) is 14.5. The zero-order chi connectivity index (χ0) is 30.1. The van der Waals surface area contributed by atoms with E-state index in [2.05, 4.69) is 38.8 Å². The minimum atomic E-state index is -1.01. The van der Waals surface area contributed by atoms with Gasteiger partial charge in [-0.05, 0) is 58.1 Å². The van der Waals surface area contributed by atoms with Gasteiger partial charge < -0.3 is 14.8 Å². The smallest absolute Gasteiger partial charge is 0.413 e. The Kier molecular flexibility index (Phi) is 10.7. The minimum absolute atomic E-state index is 0.00895. The van der Waals surface area contributed by atoms with E-state index in [0.29, 0.717) is 21.8 Å². The largest absolute Gasteiger partial charge is 0.439 e. The summed E-state index contributed by atoms with van der Waals surface area (Å²) < 4.78 is 13.7. The molecular weight excluding hydrogens is 624 g/mol. The second-order valence-corrected chi connectivity index (χ2v) is 10.8. The summed E-state index contributed by atoms with van der Waals surface area (Å²) in [4.78, 5) is 38.3. The van der Waals surface area contributed by atoms with E-state index in [1.807, 2.05) is 47.2 Å². The lowest BCUT2D eigenvalue weighted by atomic mass is 10.1. The number of rotatable bonds is 10. The Morgan fingerprint density at radius 2 is 1.69 bits per heavy atom. The topological polar surface area (TPSA) is 110 Å². The zero-order valence-corrected chi connectivity index (χ0v) is 25.4. The average Bonchev–Trinajstić information content (AvgIpc) is 2.95. The van der Waals surface area contributed by atoms with E-state index < -0.39 is 24.5 Å². The monoisotopic (exact) mass is 653 g/mol. The molecule has 3 aromatic carbocycles. The Morgan fingerprint density at radius 3 is 2.45 bits per heavy atom. The first kappa shape index (κ1) is 30.8. The third kappa shape index (κ3) is 8.67. The molecule has 4 rings (SSSR count). The van der Waals surface area contributed by atoms with Crippen molar-refractivity contribution in [1.29, 1.82) is 0 Å². The summed E-state index contributed by atoms with van der Waals surface area (Å²) in [6.45, 7) is 4.31. The lowest BCUT2D eigenvalue weighted by Gasteiger charge is -2.21. The summed E-state index contributed by atoms with van der Waals surface area (Å²) in [6, 6.07) is 21.6. The second kappa shape index (κ2) is 14.7. The maximum absolute atomic E-state index is 13.0. The molecule has 0 aliphatic heterocycles. The van der Waals surface area contributed by atoms with Crippen LogP contribution in [0.4, 0.5) is 15.3 Å². The molecule has 1 aromatic heterocycles. The molecule has 0 radical (unpaired) electrons.